The number of rotatable bonds is 9. The van der Waals surface area contributed by atoms with Gasteiger partial charge < -0.3 is 23.7 Å². The zero-order valence-electron chi connectivity index (χ0n) is 27.4. The van der Waals surface area contributed by atoms with Crippen LogP contribution in [0.25, 0.3) is 0 Å². The molecule has 0 aromatic carbocycles. The summed E-state index contributed by atoms with van der Waals surface area (Å²) in [5.41, 5.74) is -3.93. The number of halogens is 2. The number of Topliss-reactive ketones (excluding diaryl/α,β-unsaturated/α-hetero) is 2. The molecule has 0 aromatic rings. The molecule has 12 atom stereocenters. The van der Waals surface area contributed by atoms with Crippen molar-refractivity contribution in [1.29, 1.82) is 0 Å². The topological polar surface area (TPSA) is 186 Å². The second kappa shape index (κ2) is 10.3. The highest BCUT2D eigenvalue weighted by atomic mass is 32.2. The third-order valence-corrected chi connectivity index (χ3v) is 15.2. The van der Waals surface area contributed by atoms with Crippen LogP contribution in [0, 0.1) is 45.8 Å². The lowest BCUT2D eigenvalue weighted by Gasteiger charge is -2.39. The lowest BCUT2D eigenvalue weighted by molar-refractivity contribution is -0.200. The summed E-state index contributed by atoms with van der Waals surface area (Å²) in [6.45, 7) is -0.487. The van der Waals surface area contributed by atoms with Crippen LogP contribution in [-0.2, 0) is 57.8 Å². The number of esters is 3. The largest absolute Gasteiger partial charge is 0.465 e. The molecule has 2 spiro atoms. The first-order chi connectivity index (χ1) is 23.5. The fraction of sp³-hybridized carbons (Fsp3) is 0.853. The Morgan fingerprint density at radius 1 is 0.900 bits per heavy atom. The first kappa shape index (κ1) is 33.3. The summed E-state index contributed by atoms with van der Waals surface area (Å²) in [5, 5.41) is -5.13. The second-order valence-electron chi connectivity index (χ2n) is 17.0. The van der Waals surface area contributed by atoms with E-state index in [0.29, 0.717) is 50.9 Å². The van der Waals surface area contributed by atoms with Crippen LogP contribution in [0.2, 0.25) is 0 Å². The van der Waals surface area contributed by atoms with Crippen molar-refractivity contribution in [3.63, 3.8) is 0 Å². The van der Waals surface area contributed by atoms with Crippen molar-refractivity contribution in [3.8, 4) is 0 Å². The third-order valence-electron chi connectivity index (χ3n) is 14.4. The molecule has 1 N–H and O–H groups in total. The fourth-order valence-electron chi connectivity index (χ4n) is 12.3. The van der Waals surface area contributed by atoms with Crippen molar-refractivity contribution in [2.24, 2.45) is 45.8 Å². The zero-order chi connectivity index (χ0) is 35.3. The van der Waals surface area contributed by atoms with Crippen LogP contribution in [0.15, 0.2) is 0 Å². The Kier molecular flexibility index (Phi) is 6.86. The molecule has 1 heterocycles. The van der Waals surface area contributed by atoms with Gasteiger partial charge in [0.05, 0.1) is 10.8 Å². The van der Waals surface area contributed by atoms with Gasteiger partial charge in [-0.15, -0.1) is 0 Å². The molecule has 8 bridgehead atoms. The van der Waals surface area contributed by atoms with Crippen molar-refractivity contribution in [2.45, 2.75) is 119 Å². The van der Waals surface area contributed by atoms with Crippen molar-refractivity contribution in [1.82, 2.24) is 0 Å². The van der Waals surface area contributed by atoms with E-state index in [-0.39, 0.29) is 68.2 Å². The van der Waals surface area contributed by atoms with Crippen LogP contribution >= 0.6 is 0 Å². The molecule has 13 nitrogen and oxygen atoms in total. The maximum absolute atomic E-state index is 14.2. The molecule has 0 aromatic heterocycles. The minimum atomic E-state index is -6.05. The van der Waals surface area contributed by atoms with Gasteiger partial charge in [0.15, 0.2) is 5.79 Å². The SMILES string of the molecule is O=C1CC2(C(=O)OCC3OC4(OC3COC(=O)C35CC6CC(C3)C(=O)C5C6)C3CC5(OC(=O)C(F)(F)S(=O)(=O)O)CCCC34C5)CCCC1C2. The summed E-state index contributed by atoms with van der Waals surface area (Å²) in [6, 6.07) is 0. The molecular formula is C34H40F2O13S. The van der Waals surface area contributed by atoms with E-state index in [1.807, 2.05) is 0 Å². The molecule has 0 amide bonds. The van der Waals surface area contributed by atoms with Gasteiger partial charge in [-0.1, -0.05) is 6.42 Å². The first-order valence-electron chi connectivity index (χ1n) is 17.8. The van der Waals surface area contributed by atoms with E-state index in [0.717, 1.165) is 19.3 Å². The standard InChI is InChI=1S/C34H40F2O13S/c35-34(36,50(42,43)44)28(41)49-30-5-2-6-32(16-30)24(13-30)33(32)47-22(14-45-26(39)29-4-1-3-18(10-29)21(37)12-29)23(48-33)15-46-27(40)31-9-17-7-19(11-31)25(38)20(31)8-17/h17-20,22-24H,1-16H2,(H,42,43,44). The average Bonchev–Trinajstić information content (AvgIpc) is 3.54. The van der Waals surface area contributed by atoms with Gasteiger partial charge in [0, 0.05) is 35.5 Å². The number of carbonyl (C=O) groups excluding carboxylic acids is 5. The van der Waals surface area contributed by atoms with Crippen molar-refractivity contribution in [2.75, 3.05) is 13.2 Å². The highest BCUT2D eigenvalue weighted by molar-refractivity contribution is 7.87. The quantitative estimate of drug-likeness (QED) is 0.208. The van der Waals surface area contributed by atoms with E-state index in [9.17, 15) is 41.2 Å². The van der Waals surface area contributed by atoms with Crippen LogP contribution < -0.4 is 0 Å². The van der Waals surface area contributed by atoms with Crippen LogP contribution in [0.5, 0.6) is 0 Å². The first-order valence-corrected chi connectivity index (χ1v) is 19.3. The lowest BCUT2D eigenvalue weighted by atomic mass is 9.75. The summed E-state index contributed by atoms with van der Waals surface area (Å²) < 4.78 is 89.7. The fourth-order valence-corrected chi connectivity index (χ4v) is 12.6. The minimum Gasteiger partial charge on any atom is -0.462 e. The van der Waals surface area contributed by atoms with Gasteiger partial charge in [-0.3, -0.25) is 23.7 Å². The molecule has 16 heteroatoms. The maximum Gasteiger partial charge on any atom is 0.465 e. The monoisotopic (exact) mass is 726 g/mol. The average molecular weight is 727 g/mol. The van der Waals surface area contributed by atoms with Crippen LogP contribution in [0.4, 0.5) is 8.78 Å². The van der Waals surface area contributed by atoms with E-state index < -0.39 is 79.0 Å². The molecule has 10 rings (SSSR count). The van der Waals surface area contributed by atoms with Gasteiger partial charge >= 0.3 is 33.3 Å². The van der Waals surface area contributed by atoms with E-state index in [2.05, 4.69) is 0 Å². The van der Waals surface area contributed by atoms with Gasteiger partial charge in [-0.05, 0) is 83.0 Å². The molecule has 9 saturated carbocycles. The normalized spacial score (nSPS) is 47.9. The Morgan fingerprint density at radius 2 is 1.62 bits per heavy atom. The molecule has 12 unspecified atom stereocenters. The summed E-state index contributed by atoms with van der Waals surface area (Å²) in [7, 11) is -6.05. The van der Waals surface area contributed by atoms with Crippen LogP contribution in [0.1, 0.15) is 89.9 Å². The summed E-state index contributed by atoms with van der Waals surface area (Å²) in [6.07, 6.45) is 4.64. The summed E-state index contributed by atoms with van der Waals surface area (Å²) in [4.78, 5) is 64.9. The number of hydrogen-bond donors (Lipinski definition) is 1. The Hall–Kier alpha value is -2.56. The number of fused-ring (bicyclic) bond motifs is 4. The van der Waals surface area contributed by atoms with E-state index in [4.69, 9.17) is 28.2 Å². The van der Waals surface area contributed by atoms with E-state index in [1.165, 1.54) is 0 Å². The molecule has 10 fully saturated rings. The second-order valence-corrected chi connectivity index (χ2v) is 18.4. The highest BCUT2D eigenvalue weighted by Crippen LogP contribution is 2.82. The molecule has 10 aliphatic rings. The van der Waals surface area contributed by atoms with Gasteiger partial charge in [0.25, 0.3) is 0 Å². The van der Waals surface area contributed by atoms with Gasteiger partial charge in [0.2, 0.25) is 0 Å². The molecule has 9 aliphatic carbocycles. The van der Waals surface area contributed by atoms with E-state index >= 15 is 0 Å². The number of ketones is 2. The Morgan fingerprint density at radius 3 is 2.34 bits per heavy atom. The zero-order valence-corrected chi connectivity index (χ0v) is 28.2. The van der Waals surface area contributed by atoms with Crippen molar-refractivity contribution in [3.05, 3.63) is 0 Å². The smallest absolute Gasteiger partial charge is 0.462 e. The van der Waals surface area contributed by atoms with Crippen LogP contribution in [0.3, 0.4) is 0 Å². The van der Waals surface area contributed by atoms with Gasteiger partial charge in [-0.25, -0.2) is 4.79 Å². The highest BCUT2D eigenvalue weighted by Gasteiger charge is 2.89. The molecule has 274 valence electrons. The molecule has 50 heavy (non-hydrogen) atoms. The molecular weight excluding hydrogens is 686 g/mol. The Bertz CT molecular complexity index is 1720. The number of hydrogen-bond acceptors (Lipinski definition) is 12. The predicted molar refractivity (Wildman–Crippen MR) is 159 cm³/mol. The molecule has 1 saturated heterocycles. The summed E-state index contributed by atoms with van der Waals surface area (Å²) in [5.74, 6) is -5.11. The number of carbonyl (C=O) groups is 5. The van der Waals surface area contributed by atoms with Crippen molar-refractivity contribution >= 4 is 39.6 Å². The minimum absolute atomic E-state index is 0.0294. The van der Waals surface area contributed by atoms with Crippen molar-refractivity contribution < 1.29 is 69.4 Å². The lowest BCUT2D eigenvalue weighted by Crippen LogP contribution is -2.48. The van der Waals surface area contributed by atoms with Gasteiger partial charge in [0.1, 0.15) is 42.6 Å². The van der Waals surface area contributed by atoms with Crippen LogP contribution in [-0.4, -0.2) is 84.5 Å². The Labute approximate surface area is 286 Å². The van der Waals surface area contributed by atoms with E-state index in [1.54, 1.807) is 0 Å². The molecule has 0 radical (unpaired) electrons. The molecule has 1 aliphatic heterocycles. The Balaban J connectivity index is 0.929. The number of ether oxygens (including phenoxy) is 5. The summed E-state index contributed by atoms with van der Waals surface area (Å²) >= 11 is 0. The number of alkyl halides is 2. The maximum atomic E-state index is 14.2. The third kappa shape index (κ3) is 4.30. The van der Waals surface area contributed by atoms with Gasteiger partial charge in [-0.2, -0.15) is 17.2 Å². The predicted octanol–water partition coefficient (Wildman–Crippen LogP) is 3.06.